The zero-order valence-corrected chi connectivity index (χ0v) is 14.9. The van der Waals surface area contributed by atoms with E-state index in [4.69, 9.17) is 4.74 Å². The topological polar surface area (TPSA) is 73.9 Å². The van der Waals surface area contributed by atoms with E-state index in [-0.39, 0.29) is 12.2 Å². The second-order valence-corrected chi connectivity index (χ2v) is 6.94. The first kappa shape index (κ1) is 18.7. The molecule has 130 valence electrons. The lowest BCUT2D eigenvalue weighted by Gasteiger charge is -2.44. The molecule has 1 aliphatic rings. The Balaban J connectivity index is 2.66. The van der Waals surface area contributed by atoms with Crippen molar-refractivity contribution in [2.24, 2.45) is 10.8 Å². The summed E-state index contributed by atoms with van der Waals surface area (Å²) in [6.07, 6.45) is 4.81. The average molecular weight is 336 g/mol. The minimum Gasteiger partial charge on any atom is -0.497 e. The van der Waals surface area contributed by atoms with Gasteiger partial charge in [0, 0.05) is 17.8 Å². The largest absolute Gasteiger partial charge is 0.497 e. The minimum absolute atomic E-state index is 0.138. The monoisotopic (exact) mass is 336 g/mol. The third-order valence-corrected chi connectivity index (χ3v) is 5.43. The van der Waals surface area contributed by atoms with Crippen LogP contribution in [0.5, 0.6) is 5.75 Å². The Morgan fingerprint density at radius 3 is 2.44 bits per heavy atom. The molecule has 0 amide bonds. The molecule has 0 heterocycles. The molecule has 1 aromatic carbocycles. The fourth-order valence-corrected chi connectivity index (χ4v) is 4.09. The van der Waals surface area contributed by atoms with Gasteiger partial charge in [0.2, 0.25) is 0 Å². The van der Waals surface area contributed by atoms with Crippen LogP contribution in [0.4, 0.5) is 0 Å². The average Bonchev–Trinajstić information content (AvgIpc) is 2.64. The van der Waals surface area contributed by atoms with Crippen molar-refractivity contribution < 1.29 is 9.53 Å². The number of Topliss-reactive ketones (excluding diaryl/α,β-unsaturated/α-hetero) is 1. The number of carbonyl (C=O) groups excluding carboxylic acids is 1. The molecule has 25 heavy (non-hydrogen) atoms. The Bertz CT molecular complexity index is 710. The van der Waals surface area contributed by atoms with Crippen molar-refractivity contribution in [3.8, 4) is 17.9 Å². The first-order valence-corrected chi connectivity index (χ1v) is 8.58. The fraction of sp³-hybridized carbons (Fsp3) is 0.476. The summed E-state index contributed by atoms with van der Waals surface area (Å²) in [5.41, 5.74) is -1.23. The van der Waals surface area contributed by atoms with Crippen LogP contribution in [0.2, 0.25) is 0 Å². The van der Waals surface area contributed by atoms with Crippen LogP contribution in [0, 0.1) is 33.5 Å². The standard InChI is InChI=1S/C21H24N2O2/c1-4-12-21(14-22,15-23)19(16-8-10-17(25-3)11-9-16)20(2)13-6-5-7-18(20)24/h4,8-11,19H,1,5-7,12-13H2,2-3H3/t19-,20+/m1/s1. The van der Waals surface area contributed by atoms with Crippen LogP contribution in [-0.4, -0.2) is 12.9 Å². The van der Waals surface area contributed by atoms with Gasteiger partial charge in [-0.1, -0.05) is 31.6 Å². The summed E-state index contributed by atoms with van der Waals surface area (Å²) in [4.78, 5) is 12.9. The highest BCUT2D eigenvalue weighted by Gasteiger charge is 2.53. The molecule has 2 rings (SSSR count). The highest BCUT2D eigenvalue weighted by atomic mass is 16.5. The quantitative estimate of drug-likeness (QED) is 0.715. The molecule has 0 unspecified atom stereocenters. The molecule has 4 nitrogen and oxygen atoms in total. The molecular weight excluding hydrogens is 312 g/mol. The van der Waals surface area contributed by atoms with Gasteiger partial charge in [-0.05, 0) is 37.0 Å². The number of allylic oxidation sites excluding steroid dienone is 1. The minimum atomic E-state index is -1.32. The molecule has 2 atom stereocenters. The number of rotatable bonds is 6. The maximum Gasteiger partial charge on any atom is 0.154 e. The van der Waals surface area contributed by atoms with Gasteiger partial charge < -0.3 is 4.74 Å². The number of carbonyl (C=O) groups is 1. The van der Waals surface area contributed by atoms with Crippen molar-refractivity contribution in [2.45, 2.75) is 44.9 Å². The second kappa shape index (κ2) is 7.53. The lowest BCUT2D eigenvalue weighted by Crippen LogP contribution is -2.44. The third-order valence-electron chi connectivity index (χ3n) is 5.43. The summed E-state index contributed by atoms with van der Waals surface area (Å²) in [7, 11) is 1.59. The van der Waals surface area contributed by atoms with Crippen molar-refractivity contribution in [1.82, 2.24) is 0 Å². The normalized spacial score (nSPS) is 21.7. The van der Waals surface area contributed by atoms with Crippen LogP contribution in [-0.2, 0) is 4.79 Å². The molecule has 0 radical (unpaired) electrons. The third kappa shape index (κ3) is 3.30. The van der Waals surface area contributed by atoms with E-state index in [9.17, 15) is 15.3 Å². The molecule has 1 aromatic rings. The number of nitriles is 2. The van der Waals surface area contributed by atoms with E-state index >= 15 is 0 Å². The Labute approximate surface area is 149 Å². The van der Waals surface area contributed by atoms with E-state index in [2.05, 4.69) is 18.7 Å². The molecular formula is C21H24N2O2. The zero-order chi connectivity index (χ0) is 18.5. The summed E-state index contributed by atoms with van der Waals surface area (Å²) in [6.45, 7) is 5.64. The maximum absolute atomic E-state index is 12.9. The molecule has 0 saturated heterocycles. The highest BCUT2D eigenvalue weighted by Crippen LogP contribution is 2.54. The van der Waals surface area contributed by atoms with Crippen LogP contribution < -0.4 is 4.74 Å². The predicted molar refractivity (Wildman–Crippen MR) is 95.8 cm³/mol. The summed E-state index contributed by atoms with van der Waals surface area (Å²) in [6, 6.07) is 11.8. The molecule has 0 bridgehead atoms. The van der Waals surface area contributed by atoms with Gasteiger partial charge in [-0.15, -0.1) is 6.58 Å². The van der Waals surface area contributed by atoms with E-state index in [1.165, 1.54) is 0 Å². The Morgan fingerprint density at radius 1 is 1.32 bits per heavy atom. The molecule has 0 N–H and O–H groups in total. The second-order valence-electron chi connectivity index (χ2n) is 6.94. The molecule has 1 fully saturated rings. The maximum atomic E-state index is 12.9. The SMILES string of the molecule is C=CCC(C#N)(C#N)[C@H](c1ccc(OC)cc1)[C@@]1(C)CCCCC1=O. The summed E-state index contributed by atoms with van der Waals surface area (Å²) < 4.78 is 5.21. The van der Waals surface area contributed by atoms with Gasteiger partial charge in [0.05, 0.1) is 19.2 Å². The summed E-state index contributed by atoms with van der Waals surface area (Å²) in [5.74, 6) is 0.330. The van der Waals surface area contributed by atoms with Crippen molar-refractivity contribution >= 4 is 5.78 Å². The molecule has 4 heteroatoms. The number of ketones is 1. The van der Waals surface area contributed by atoms with Crippen molar-refractivity contribution in [3.05, 3.63) is 42.5 Å². The molecule has 0 aromatic heterocycles. The van der Waals surface area contributed by atoms with Gasteiger partial charge in [0.15, 0.2) is 5.41 Å². The van der Waals surface area contributed by atoms with Gasteiger partial charge in [0.1, 0.15) is 11.5 Å². The molecule has 0 aliphatic heterocycles. The first-order valence-electron chi connectivity index (χ1n) is 8.58. The van der Waals surface area contributed by atoms with Crippen LogP contribution in [0.25, 0.3) is 0 Å². The highest BCUT2D eigenvalue weighted by molar-refractivity contribution is 5.86. The Kier molecular flexibility index (Phi) is 5.65. The van der Waals surface area contributed by atoms with Crippen molar-refractivity contribution in [2.75, 3.05) is 7.11 Å². The fourth-order valence-electron chi connectivity index (χ4n) is 4.09. The number of benzene rings is 1. The first-order chi connectivity index (χ1) is 12.0. The van der Waals surface area contributed by atoms with Gasteiger partial charge in [-0.25, -0.2) is 0 Å². The van der Waals surface area contributed by atoms with Crippen molar-refractivity contribution in [1.29, 1.82) is 10.5 Å². The number of nitrogens with zero attached hydrogens (tertiary/aromatic N) is 2. The van der Waals surface area contributed by atoms with E-state index in [1.807, 2.05) is 31.2 Å². The lowest BCUT2D eigenvalue weighted by atomic mass is 9.55. The van der Waals surface area contributed by atoms with Gasteiger partial charge >= 0.3 is 0 Å². The van der Waals surface area contributed by atoms with Gasteiger partial charge in [-0.3, -0.25) is 4.79 Å². The molecule has 1 aliphatic carbocycles. The smallest absolute Gasteiger partial charge is 0.154 e. The van der Waals surface area contributed by atoms with Crippen LogP contribution in [0.1, 0.15) is 50.5 Å². The van der Waals surface area contributed by atoms with Gasteiger partial charge in [0.25, 0.3) is 0 Å². The van der Waals surface area contributed by atoms with Crippen LogP contribution >= 0.6 is 0 Å². The van der Waals surface area contributed by atoms with Crippen molar-refractivity contribution in [3.63, 3.8) is 0 Å². The Hall–Kier alpha value is -2.59. The number of hydrogen-bond donors (Lipinski definition) is 0. The van der Waals surface area contributed by atoms with E-state index in [1.54, 1.807) is 13.2 Å². The number of hydrogen-bond acceptors (Lipinski definition) is 4. The molecule has 0 spiro atoms. The van der Waals surface area contributed by atoms with Crippen LogP contribution in [0.15, 0.2) is 36.9 Å². The van der Waals surface area contributed by atoms with E-state index in [0.717, 1.165) is 18.4 Å². The number of methoxy groups -OCH3 is 1. The van der Waals surface area contributed by atoms with E-state index < -0.39 is 16.7 Å². The lowest BCUT2D eigenvalue weighted by molar-refractivity contribution is -0.133. The van der Waals surface area contributed by atoms with E-state index in [0.29, 0.717) is 18.6 Å². The predicted octanol–water partition coefficient (Wildman–Crippen LogP) is 4.54. The zero-order valence-electron chi connectivity index (χ0n) is 14.9. The van der Waals surface area contributed by atoms with Gasteiger partial charge in [-0.2, -0.15) is 10.5 Å². The number of ether oxygens (including phenoxy) is 1. The summed E-state index contributed by atoms with van der Waals surface area (Å²) >= 11 is 0. The van der Waals surface area contributed by atoms with Crippen LogP contribution in [0.3, 0.4) is 0 Å². The summed E-state index contributed by atoms with van der Waals surface area (Å²) in [5, 5.41) is 19.8. The molecule has 1 saturated carbocycles. The Morgan fingerprint density at radius 2 is 1.96 bits per heavy atom.